The van der Waals surface area contributed by atoms with Gasteiger partial charge in [0.15, 0.2) is 0 Å². The third-order valence-electron chi connectivity index (χ3n) is 4.07. The summed E-state index contributed by atoms with van der Waals surface area (Å²) in [6.45, 7) is 7.72. The van der Waals surface area contributed by atoms with Crippen molar-refractivity contribution >= 4 is 45.0 Å². The SMILES string of the molecule is CCOC(=O)c1sc2nccnc2c1N=C(Nc1ccccc1)N(CC)CC. The van der Waals surface area contributed by atoms with Crippen molar-refractivity contribution in [3.8, 4) is 0 Å². The van der Waals surface area contributed by atoms with Gasteiger partial charge < -0.3 is 15.0 Å². The van der Waals surface area contributed by atoms with Crippen LogP contribution in [0.1, 0.15) is 30.4 Å². The van der Waals surface area contributed by atoms with E-state index in [1.54, 1.807) is 19.3 Å². The number of benzene rings is 1. The number of nitrogens with zero attached hydrogens (tertiary/aromatic N) is 4. The Balaban J connectivity index is 2.13. The Morgan fingerprint density at radius 2 is 1.86 bits per heavy atom. The monoisotopic (exact) mass is 397 g/mol. The van der Waals surface area contributed by atoms with Crippen molar-refractivity contribution in [3.05, 3.63) is 47.6 Å². The molecular formula is C20H23N5O2S. The van der Waals surface area contributed by atoms with E-state index in [1.807, 2.05) is 30.3 Å². The van der Waals surface area contributed by atoms with Gasteiger partial charge in [-0.05, 0) is 32.9 Å². The molecule has 0 atom stereocenters. The number of esters is 1. The van der Waals surface area contributed by atoms with Gasteiger partial charge in [-0.15, -0.1) is 11.3 Å². The Kier molecular flexibility index (Phi) is 6.54. The highest BCUT2D eigenvalue weighted by Gasteiger charge is 2.22. The van der Waals surface area contributed by atoms with E-state index in [-0.39, 0.29) is 0 Å². The molecule has 3 aromatic rings. The van der Waals surface area contributed by atoms with E-state index >= 15 is 0 Å². The van der Waals surface area contributed by atoms with E-state index in [4.69, 9.17) is 9.73 Å². The molecule has 2 heterocycles. The molecule has 2 aromatic heterocycles. The van der Waals surface area contributed by atoms with Crippen molar-refractivity contribution in [2.45, 2.75) is 20.8 Å². The van der Waals surface area contributed by atoms with Crippen LogP contribution in [0, 0.1) is 0 Å². The number of fused-ring (bicyclic) bond motifs is 1. The number of guanidine groups is 1. The van der Waals surface area contributed by atoms with Crippen molar-refractivity contribution < 1.29 is 9.53 Å². The summed E-state index contributed by atoms with van der Waals surface area (Å²) in [6, 6.07) is 9.81. The molecule has 0 bridgehead atoms. The van der Waals surface area contributed by atoms with Gasteiger partial charge >= 0.3 is 5.97 Å². The number of rotatable bonds is 6. The lowest BCUT2D eigenvalue weighted by Crippen LogP contribution is -2.36. The number of nitrogens with one attached hydrogen (secondary N) is 1. The largest absolute Gasteiger partial charge is 0.462 e. The smallest absolute Gasteiger partial charge is 0.350 e. The summed E-state index contributed by atoms with van der Waals surface area (Å²) in [5, 5.41) is 3.36. The Bertz CT molecular complexity index is 967. The molecule has 0 amide bonds. The zero-order valence-corrected chi connectivity index (χ0v) is 17.0. The van der Waals surface area contributed by atoms with E-state index in [9.17, 15) is 4.79 Å². The molecule has 0 spiro atoms. The van der Waals surface area contributed by atoms with Gasteiger partial charge in [-0.25, -0.2) is 19.8 Å². The molecule has 0 aliphatic heterocycles. The Morgan fingerprint density at radius 1 is 1.14 bits per heavy atom. The molecule has 0 saturated heterocycles. The van der Waals surface area contributed by atoms with Crippen molar-refractivity contribution in [3.63, 3.8) is 0 Å². The molecule has 0 fully saturated rings. The Hall–Kier alpha value is -3.00. The predicted octanol–water partition coefficient (Wildman–Crippen LogP) is 4.31. The number of ether oxygens (including phenoxy) is 1. The van der Waals surface area contributed by atoms with Crippen LogP contribution in [-0.4, -0.2) is 46.5 Å². The van der Waals surface area contributed by atoms with E-state index in [0.717, 1.165) is 18.8 Å². The second-order valence-electron chi connectivity index (χ2n) is 5.81. The van der Waals surface area contributed by atoms with Gasteiger partial charge in [0.2, 0.25) is 5.96 Å². The van der Waals surface area contributed by atoms with Crippen molar-refractivity contribution in [1.29, 1.82) is 0 Å². The van der Waals surface area contributed by atoms with E-state index in [0.29, 0.717) is 33.5 Å². The van der Waals surface area contributed by atoms with Crippen LogP contribution in [0.4, 0.5) is 11.4 Å². The number of anilines is 1. The maximum atomic E-state index is 12.5. The van der Waals surface area contributed by atoms with Gasteiger partial charge in [0, 0.05) is 31.2 Å². The minimum Gasteiger partial charge on any atom is -0.462 e. The number of carbonyl (C=O) groups excluding carboxylic acids is 1. The van der Waals surface area contributed by atoms with Crippen LogP contribution in [-0.2, 0) is 4.74 Å². The zero-order chi connectivity index (χ0) is 19.9. The fraction of sp³-hybridized carbons (Fsp3) is 0.300. The predicted molar refractivity (Wildman–Crippen MR) is 113 cm³/mol. The summed E-state index contributed by atoms with van der Waals surface area (Å²) in [4.78, 5) is 29.2. The van der Waals surface area contributed by atoms with Crippen LogP contribution in [0.3, 0.4) is 0 Å². The maximum Gasteiger partial charge on any atom is 0.350 e. The van der Waals surface area contributed by atoms with Crippen LogP contribution < -0.4 is 5.32 Å². The first-order chi connectivity index (χ1) is 13.7. The minimum atomic E-state index is -0.412. The summed E-state index contributed by atoms with van der Waals surface area (Å²) in [5.74, 6) is 0.233. The molecule has 7 nitrogen and oxygen atoms in total. The summed E-state index contributed by atoms with van der Waals surface area (Å²) in [6.07, 6.45) is 3.21. The summed E-state index contributed by atoms with van der Waals surface area (Å²) >= 11 is 1.25. The molecule has 3 rings (SSSR count). The Labute approximate surface area is 168 Å². The number of aromatic nitrogens is 2. The number of thiophene rings is 1. The lowest BCUT2D eigenvalue weighted by Gasteiger charge is -2.24. The van der Waals surface area contributed by atoms with Crippen LogP contribution in [0.15, 0.2) is 47.7 Å². The molecular weight excluding hydrogens is 374 g/mol. The topological polar surface area (TPSA) is 79.7 Å². The summed E-state index contributed by atoms with van der Waals surface area (Å²) in [7, 11) is 0. The van der Waals surface area contributed by atoms with Gasteiger partial charge in [0.25, 0.3) is 0 Å². The highest BCUT2D eigenvalue weighted by molar-refractivity contribution is 7.21. The average molecular weight is 398 g/mol. The van der Waals surface area contributed by atoms with E-state index in [1.165, 1.54) is 11.3 Å². The number of aliphatic imine (C=N–C) groups is 1. The van der Waals surface area contributed by atoms with E-state index < -0.39 is 5.97 Å². The summed E-state index contributed by atoms with van der Waals surface area (Å²) in [5.41, 5.74) is 1.99. The number of carbonyl (C=O) groups is 1. The fourth-order valence-corrected chi connectivity index (χ4v) is 3.65. The molecule has 0 aliphatic rings. The van der Waals surface area contributed by atoms with Gasteiger partial charge in [0.05, 0.1) is 6.61 Å². The Morgan fingerprint density at radius 3 is 2.54 bits per heavy atom. The van der Waals surface area contributed by atoms with Crippen LogP contribution in [0.2, 0.25) is 0 Å². The standard InChI is InChI=1S/C20H23N5O2S/c1-4-25(5-2)20(23-14-10-8-7-9-11-14)24-15-16-18(22-13-12-21-16)28-17(15)19(26)27-6-3/h7-13H,4-6H2,1-3H3,(H,23,24). The van der Waals surface area contributed by atoms with Crippen molar-refractivity contribution in [2.75, 3.05) is 25.0 Å². The molecule has 0 unspecified atom stereocenters. The molecule has 1 N–H and O–H groups in total. The molecule has 1 aromatic carbocycles. The highest BCUT2D eigenvalue weighted by Crippen LogP contribution is 2.36. The normalized spacial score (nSPS) is 11.5. The molecule has 28 heavy (non-hydrogen) atoms. The van der Waals surface area contributed by atoms with E-state index in [2.05, 4.69) is 34.0 Å². The number of hydrogen-bond acceptors (Lipinski definition) is 6. The number of hydrogen-bond donors (Lipinski definition) is 1. The van der Waals surface area contributed by atoms with Gasteiger partial charge in [-0.2, -0.15) is 0 Å². The minimum absolute atomic E-state index is 0.294. The first kappa shape index (κ1) is 19.8. The van der Waals surface area contributed by atoms with Gasteiger partial charge in [-0.3, -0.25) is 0 Å². The second-order valence-corrected chi connectivity index (χ2v) is 6.81. The molecule has 146 valence electrons. The lowest BCUT2D eigenvalue weighted by atomic mass is 10.3. The third kappa shape index (κ3) is 4.28. The van der Waals surface area contributed by atoms with Gasteiger partial charge in [-0.1, -0.05) is 18.2 Å². The summed E-state index contributed by atoms with van der Waals surface area (Å²) < 4.78 is 5.22. The zero-order valence-electron chi connectivity index (χ0n) is 16.2. The number of para-hydroxylation sites is 1. The maximum absolute atomic E-state index is 12.5. The quantitative estimate of drug-likeness (QED) is 0.379. The van der Waals surface area contributed by atoms with Gasteiger partial charge in [0.1, 0.15) is 20.9 Å². The second kappa shape index (κ2) is 9.27. The first-order valence-corrected chi connectivity index (χ1v) is 10.1. The van der Waals surface area contributed by atoms with Crippen LogP contribution in [0.5, 0.6) is 0 Å². The highest BCUT2D eigenvalue weighted by atomic mass is 32.1. The van der Waals surface area contributed by atoms with Crippen molar-refractivity contribution in [2.24, 2.45) is 4.99 Å². The molecule has 0 saturated carbocycles. The molecule has 0 radical (unpaired) electrons. The van der Waals surface area contributed by atoms with Crippen molar-refractivity contribution in [1.82, 2.24) is 14.9 Å². The first-order valence-electron chi connectivity index (χ1n) is 9.24. The van der Waals surface area contributed by atoms with Crippen LogP contribution in [0.25, 0.3) is 10.3 Å². The third-order valence-corrected chi connectivity index (χ3v) is 5.13. The molecule has 8 heteroatoms. The van der Waals surface area contributed by atoms with Crippen LogP contribution >= 0.6 is 11.3 Å². The lowest BCUT2D eigenvalue weighted by molar-refractivity contribution is 0.0533. The molecule has 0 aliphatic carbocycles. The fourth-order valence-electron chi connectivity index (χ4n) is 2.71. The average Bonchev–Trinajstić information content (AvgIpc) is 3.08.